The van der Waals surface area contributed by atoms with Crippen molar-refractivity contribution in [3.8, 4) is 0 Å². The van der Waals surface area contributed by atoms with Crippen molar-refractivity contribution in [1.82, 2.24) is 4.90 Å². The van der Waals surface area contributed by atoms with Crippen molar-refractivity contribution in [2.24, 2.45) is 11.7 Å². The molecule has 0 aromatic rings. The molecule has 3 atom stereocenters. The highest BCUT2D eigenvalue weighted by molar-refractivity contribution is 5.82. The van der Waals surface area contributed by atoms with Crippen LogP contribution < -0.4 is 5.73 Å². The van der Waals surface area contributed by atoms with E-state index in [0.717, 1.165) is 19.4 Å². The number of hydrogen-bond donors (Lipinski definition) is 3. The number of aliphatic hydroxyl groups is 1. The smallest absolute Gasteiger partial charge is 0.108 e. The van der Waals surface area contributed by atoms with Crippen LogP contribution in [0.1, 0.15) is 26.7 Å². The molecule has 1 aliphatic rings. The molecular weight excluding hydrogens is 178 g/mol. The summed E-state index contributed by atoms with van der Waals surface area (Å²) in [6.07, 6.45) is 1.94. The number of nitrogens with two attached hydrogens (primary N) is 1. The summed E-state index contributed by atoms with van der Waals surface area (Å²) in [6, 6.07) is 0.195. The molecule has 1 rings (SSSR count). The van der Waals surface area contributed by atoms with Crippen LogP contribution >= 0.6 is 0 Å². The lowest BCUT2D eigenvalue weighted by Gasteiger charge is -2.31. The normalized spacial score (nSPS) is 30.5. The number of aliphatic hydroxyl groups excluding tert-OH is 1. The molecule has 0 bridgehead atoms. The molecule has 0 aliphatic carbocycles. The van der Waals surface area contributed by atoms with Crippen LogP contribution in [0, 0.1) is 11.3 Å². The fourth-order valence-electron chi connectivity index (χ4n) is 2.34. The third-order valence-electron chi connectivity index (χ3n) is 3.26. The van der Waals surface area contributed by atoms with Crippen molar-refractivity contribution in [2.75, 3.05) is 13.2 Å². The molecule has 3 unspecified atom stereocenters. The number of nitrogens with zero attached hydrogens (tertiary/aromatic N) is 1. The van der Waals surface area contributed by atoms with Crippen LogP contribution in [-0.4, -0.2) is 41.1 Å². The van der Waals surface area contributed by atoms with Crippen LogP contribution in [0.2, 0.25) is 0 Å². The first-order valence-electron chi connectivity index (χ1n) is 5.32. The molecule has 0 aromatic heterocycles. The van der Waals surface area contributed by atoms with E-state index in [9.17, 15) is 5.11 Å². The van der Waals surface area contributed by atoms with Crippen LogP contribution in [-0.2, 0) is 0 Å². The monoisotopic (exact) mass is 199 g/mol. The largest absolute Gasteiger partial charge is 0.395 e. The lowest BCUT2D eigenvalue weighted by Crippen LogP contribution is -2.48. The van der Waals surface area contributed by atoms with Gasteiger partial charge in [-0.05, 0) is 25.3 Å². The standard InChI is InChI=1S/C10H21N3O/c1-3-8(10(11)12)13-5-4-7(2)9(13)6-14/h7-9,14H,3-6H2,1-2H3,(H3,11,12). The van der Waals surface area contributed by atoms with Crippen LogP contribution in [0.15, 0.2) is 0 Å². The molecule has 0 aromatic carbocycles. The molecule has 0 spiro atoms. The molecule has 1 fully saturated rings. The molecule has 4 N–H and O–H groups in total. The van der Waals surface area contributed by atoms with Crippen LogP contribution in [0.25, 0.3) is 0 Å². The first-order chi connectivity index (χ1) is 6.61. The Bertz CT molecular complexity index is 208. The Labute approximate surface area is 85.6 Å². The van der Waals surface area contributed by atoms with Gasteiger partial charge in [-0.15, -0.1) is 0 Å². The maximum absolute atomic E-state index is 9.28. The fourth-order valence-corrected chi connectivity index (χ4v) is 2.34. The SMILES string of the molecule is CCC(C(=N)N)N1CCC(C)C1CO. The van der Waals surface area contributed by atoms with Gasteiger partial charge in [-0.1, -0.05) is 13.8 Å². The van der Waals surface area contributed by atoms with Crippen LogP contribution in [0.4, 0.5) is 0 Å². The van der Waals surface area contributed by atoms with Gasteiger partial charge < -0.3 is 10.8 Å². The number of hydrogen-bond acceptors (Lipinski definition) is 3. The van der Waals surface area contributed by atoms with Gasteiger partial charge in [0.05, 0.1) is 12.6 Å². The average molecular weight is 199 g/mol. The molecule has 1 saturated heterocycles. The zero-order valence-electron chi connectivity index (χ0n) is 9.03. The van der Waals surface area contributed by atoms with Gasteiger partial charge >= 0.3 is 0 Å². The molecular formula is C10H21N3O. The lowest BCUT2D eigenvalue weighted by atomic mass is 10.0. The zero-order chi connectivity index (χ0) is 10.7. The summed E-state index contributed by atoms with van der Waals surface area (Å²) in [4.78, 5) is 2.17. The Morgan fingerprint density at radius 1 is 1.71 bits per heavy atom. The maximum Gasteiger partial charge on any atom is 0.108 e. The second-order valence-electron chi connectivity index (χ2n) is 4.13. The number of amidine groups is 1. The molecule has 0 amide bonds. The Hall–Kier alpha value is -0.610. The zero-order valence-corrected chi connectivity index (χ0v) is 9.03. The van der Waals surface area contributed by atoms with Gasteiger partial charge in [-0.2, -0.15) is 0 Å². The van der Waals surface area contributed by atoms with E-state index < -0.39 is 0 Å². The van der Waals surface area contributed by atoms with Crippen molar-refractivity contribution < 1.29 is 5.11 Å². The summed E-state index contributed by atoms with van der Waals surface area (Å²) in [7, 11) is 0. The second-order valence-corrected chi connectivity index (χ2v) is 4.13. The van der Waals surface area contributed by atoms with Gasteiger partial charge in [0.15, 0.2) is 0 Å². The van der Waals surface area contributed by atoms with E-state index in [1.165, 1.54) is 0 Å². The Balaban J connectivity index is 2.70. The minimum atomic E-state index is 0.0112. The molecule has 1 heterocycles. The van der Waals surface area contributed by atoms with Gasteiger partial charge in [-0.3, -0.25) is 10.3 Å². The second kappa shape index (κ2) is 4.75. The highest BCUT2D eigenvalue weighted by atomic mass is 16.3. The number of nitrogens with one attached hydrogen (secondary N) is 1. The van der Waals surface area contributed by atoms with E-state index in [4.69, 9.17) is 11.1 Å². The third-order valence-corrected chi connectivity index (χ3v) is 3.26. The molecule has 4 nitrogen and oxygen atoms in total. The summed E-state index contributed by atoms with van der Waals surface area (Å²) < 4.78 is 0. The van der Waals surface area contributed by atoms with Crippen molar-refractivity contribution >= 4 is 5.84 Å². The predicted octanol–water partition coefficient (Wildman–Crippen LogP) is 0.404. The van der Waals surface area contributed by atoms with E-state index >= 15 is 0 Å². The Kier molecular flexibility index (Phi) is 3.89. The summed E-state index contributed by atoms with van der Waals surface area (Å²) in [5.41, 5.74) is 5.55. The summed E-state index contributed by atoms with van der Waals surface area (Å²) in [6.45, 7) is 5.30. The third kappa shape index (κ3) is 2.07. The van der Waals surface area contributed by atoms with Crippen molar-refractivity contribution in [2.45, 2.75) is 38.8 Å². The molecule has 0 saturated carbocycles. The number of likely N-dealkylation sites (tertiary alicyclic amines) is 1. The van der Waals surface area contributed by atoms with Crippen molar-refractivity contribution in [3.05, 3.63) is 0 Å². The minimum absolute atomic E-state index is 0.0112. The molecule has 14 heavy (non-hydrogen) atoms. The Morgan fingerprint density at radius 3 is 2.79 bits per heavy atom. The predicted molar refractivity (Wildman–Crippen MR) is 57.4 cm³/mol. The highest BCUT2D eigenvalue weighted by Gasteiger charge is 2.35. The molecule has 82 valence electrons. The van der Waals surface area contributed by atoms with Gasteiger partial charge in [0.1, 0.15) is 5.84 Å². The first-order valence-corrected chi connectivity index (χ1v) is 5.32. The average Bonchev–Trinajstić information content (AvgIpc) is 2.48. The topological polar surface area (TPSA) is 73.3 Å². The highest BCUT2D eigenvalue weighted by Crippen LogP contribution is 2.26. The van der Waals surface area contributed by atoms with E-state index in [-0.39, 0.29) is 24.5 Å². The van der Waals surface area contributed by atoms with Crippen molar-refractivity contribution in [3.63, 3.8) is 0 Å². The number of rotatable bonds is 4. The van der Waals surface area contributed by atoms with Crippen LogP contribution in [0.3, 0.4) is 0 Å². The van der Waals surface area contributed by atoms with E-state index in [1.54, 1.807) is 0 Å². The molecule has 4 heteroatoms. The summed E-state index contributed by atoms with van der Waals surface area (Å²) in [5.74, 6) is 0.730. The Morgan fingerprint density at radius 2 is 2.36 bits per heavy atom. The maximum atomic E-state index is 9.28. The lowest BCUT2D eigenvalue weighted by molar-refractivity contribution is 0.122. The van der Waals surface area contributed by atoms with Gasteiger partial charge in [0, 0.05) is 6.04 Å². The van der Waals surface area contributed by atoms with E-state index in [2.05, 4.69) is 11.8 Å². The quantitative estimate of drug-likeness (QED) is 0.453. The van der Waals surface area contributed by atoms with Crippen molar-refractivity contribution in [1.29, 1.82) is 5.41 Å². The summed E-state index contributed by atoms with van der Waals surface area (Å²) in [5, 5.41) is 16.8. The van der Waals surface area contributed by atoms with E-state index in [1.807, 2.05) is 6.92 Å². The molecule has 1 aliphatic heterocycles. The van der Waals surface area contributed by atoms with Gasteiger partial charge in [0.25, 0.3) is 0 Å². The summed E-state index contributed by atoms with van der Waals surface area (Å²) >= 11 is 0. The minimum Gasteiger partial charge on any atom is -0.395 e. The van der Waals surface area contributed by atoms with Crippen LogP contribution in [0.5, 0.6) is 0 Å². The molecule has 0 radical (unpaired) electrons. The first kappa shape index (κ1) is 11.5. The van der Waals surface area contributed by atoms with Gasteiger partial charge in [-0.25, -0.2) is 0 Å². The fraction of sp³-hybridized carbons (Fsp3) is 0.900. The van der Waals surface area contributed by atoms with Gasteiger partial charge in [0.2, 0.25) is 0 Å². The van der Waals surface area contributed by atoms with E-state index in [0.29, 0.717) is 5.92 Å².